The number of rotatable bonds is 8. The lowest BCUT2D eigenvalue weighted by Gasteiger charge is -2.49. The van der Waals surface area contributed by atoms with Crippen LogP contribution in [0, 0.1) is 0 Å². The Bertz CT molecular complexity index is 1030. The van der Waals surface area contributed by atoms with Gasteiger partial charge in [0, 0.05) is 16.0 Å². The van der Waals surface area contributed by atoms with Gasteiger partial charge in [-0.1, -0.05) is 5.16 Å². The average Bonchev–Trinajstić information content (AvgIpc) is 3.14. The van der Waals surface area contributed by atoms with Gasteiger partial charge in [-0.05, 0) is 12.2 Å². The zero-order chi connectivity index (χ0) is 23.6. The zero-order valence-corrected chi connectivity index (χ0v) is 19.7. The molecule has 1 aromatic heterocycles. The number of aliphatic carboxylic acids is 1. The monoisotopic (exact) mass is 481 g/mol. The van der Waals surface area contributed by atoms with Crippen LogP contribution >= 0.6 is 23.1 Å². The molecule has 2 amide bonds. The Morgan fingerprint density at radius 3 is 2.75 bits per heavy atom. The third-order valence-electron chi connectivity index (χ3n) is 4.68. The van der Waals surface area contributed by atoms with Crippen LogP contribution < -0.4 is 11.1 Å². The number of β-lactam (4-membered cyclic amide) rings is 1. The topological polar surface area (TPSA) is 147 Å². The quantitative estimate of drug-likeness (QED) is 0.205. The summed E-state index contributed by atoms with van der Waals surface area (Å²) in [6, 6.07) is -1.36. The van der Waals surface area contributed by atoms with Gasteiger partial charge in [-0.3, -0.25) is 14.5 Å². The van der Waals surface area contributed by atoms with Crippen LogP contribution in [0.15, 0.2) is 33.3 Å². The SMILES string of the molecule is CO/N=C(/C(=O)N[C@@H]1C(=O)N2C(C(=O)O)=C(/C=C\C[N+](C)(C)C)SC[C@H]12)c1csc(N)n1. The molecule has 4 N–H and O–H groups in total. The van der Waals surface area contributed by atoms with E-state index in [1.54, 1.807) is 11.5 Å². The van der Waals surface area contributed by atoms with Crippen LogP contribution in [0.2, 0.25) is 0 Å². The molecule has 0 unspecified atom stereocenters. The molecule has 172 valence electrons. The lowest BCUT2D eigenvalue weighted by molar-refractivity contribution is -0.864. The minimum Gasteiger partial charge on any atom is -0.477 e. The molecule has 2 aliphatic heterocycles. The molecule has 1 saturated heterocycles. The Hall–Kier alpha value is -2.90. The van der Waals surface area contributed by atoms with Gasteiger partial charge in [0.25, 0.3) is 11.8 Å². The number of nitrogens with two attached hydrogens (primary N) is 1. The van der Waals surface area contributed by atoms with Crippen molar-refractivity contribution in [3.05, 3.63) is 33.8 Å². The predicted molar refractivity (Wildman–Crippen MR) is 122 cm³/mol. The van der Waals surface area contributed by atoms with Gasteiger partial charge in [0.1, 0.15) is 24.5 Å². The molecule has 32 heavy (non-hydrogen) atoms. The summed E-state index contributed by atoms with van der Waals surface area (Å²) >= 11 is 2.48. The number of amides is 2. The Kier molecular flexibility index (Phi) is 6.91. The summed E-state index contributed by atoms with van der Waals surface area (Å²) in [6.07, 6.45) is 3.63. The van der Waals surface area contributed by atoms with Crippen molar-refractivity contribution in [3.8, 4) is 0 Å². The number of allylic oxidation sites excluding steroid dienone is 1. The van der Waals surface area contributed by atoms with E-state index in [-0.39, 0.29) is 22.2 Å². The van der Waals surface area contributed by atoms with Crippen LogP contribution in [0.1, 0.15) is 5.69 Å². The van der Waals surface area contributed by atoms with Gasteiger partial charge in [-0.15, -0.1) is 23.1 Å². The van der Waals surface area contributed by atoms with Crippen molar-refractivity contribution in [1.29, 1.82) is 0 Å². The third kappa shape index (κ3) is 4.95. The highest BCUT2D eigenvalue weighted by Crippen LogP contribution is 2.39. The van der Waals surface area contributed by atoms with Gasteiger partial charge < -0.3 is 25.5 Å². The summed E-state index contributed by atoms with van der Waals surface area (Å²) in [6.45, 7) is 0.704. The Morgan fingerprint density at radius 2 is 2.19 bits per heavy atom. The van der Waals surface area contributed by atoms with E-state index < -0.39 is 29.9 Å². The van der Waals surface area contributed by atoms with Crippen LogP contribution in [0.3, 0.4) is 0 Å². The second kappa shape index (κ2) is 9.30. The lowest BCUT2D eigenvalue weighted by Crippen LogP contribution is -2.73. The number of nitrogens with zero attached hydrogens (tertiary/aromatic N) is 4. The molecule has 0 bridgehead atoms. The van der Waals surface area contributed by atoms with Crippen molar-refractivity contribution in [2.24, 2.45) is 5.16 Å². The van der Waals surface area contributed by atoms with Crippen LogP contribution in [-0.4, -0.2) is 95.6 Å². The van der Waals surface area contributed by atoms with Crippen molar-refractivity contribution in [1.82, 2.24) is 15.2 Å². The summed E-state index contributed by atoms with van der Waals surface area (Å²) < 4.78 is 0.687. The first-order valence-corrected chi connectivity index (χ1v) is 11.4. The van der Waals surface area contributed by atoms with Crippen molar-refractivity contribution >= 4 is 51.7 Å². The van der Waals surface area contributed by atoms with E-state index in [1.165, 1.54) is 23.8 Å². The van der Waals surface area contributed by atoms with E-state index in [4.69, 9.17) is 10.6 Å². The standard InChI is InChI=1S/C19H24N6O5S2/c1-25(2,3)7-5-6-12-15(18(28)29)24-11(9-31-12)14(17(24)27)22-16(26)13(23-30-4)10-8-32-19(20)21-10/h5-6,8,11,14H,7,9H2,1-4H3,(H3-,20,21,22,26,28,29)/p+1/b6-5-,23-13+/t11-,14+/m1/s1. The highest BCUT2D eigenvalue weighted by atomic mass is 32.2. The number of nitrogens with one attached hydrogen (secondary N) is 1. The summed E-state index contributed by atoms with van der Waals surface area (Å²) in [4.78, 5) is 48.0. The number of thioether (sulfide) groups is 1. The van der Waals surface area contributed by atoms with Gasteiger partial charge in [-0.2, -0.15) is 0 Å². The van der Waals surface area contributed by atoms with Crippen molar-refractivity contribution < 1.29 is 28.8 Å². The van der Waals surface area contributed by atoms with E-state index in [9.17, 15) is 19.5 Å². The van der Waals surface area contributed by atoms with E-state index in [0.717, 1.165) is 11.3 Å². The van der Waals surface area contributed by atoms with Crippen LogP contribution in [0.25, 0.3) is 0 Å². The molecule has 2 atom stereocenters. The fourth-order valence-corrected chi connectivity index (χ4v) is 4.98. The number of carbonyl (C=O) groups is 3. The Balaban J connectivity index is 1.78. The number of hydrogen-bond acceptors (Lipinski definition) is 9. The maximum Gasteiger partial charge on any atom is 0.353 e. The molecule has 3 heterocycles. The van der Waals surface area contributed by atoms with Crippen LogP contribution in [0.5, 0.6) is 0 Å². The maximum atomic E-state index is 12.8. The number of fused-ring (bicyclic) bond motifs is 1. The van der Waals surface area contributed by atoms with Gasteiger partial charge in [0.05, 0.1) is 33.7 Å². The number of carboxylic acids is 1. The summed E-state index contributed by atoms with van der Waals surface area (Å²) in [5, 5.41) is 17.9. The number of carboxylic acid groups (broad SMARTS) is 1. The van der Waals surface area contributed by atoms with Crippen molar-refractivity contribution in [2.75, 3.05) is 46.3 Å². The van der Waals surface area contributed by atoms with Gasteiger partial charge in [-0.25, -0.2) is 9.78 Å². The molecule has 11 nitrogen and oxygen atoms in total. The second-order valence-corrected chi connectivity index (χ2v) is 10.1. The number of likely N-dealkylation sites (N-methyl/N-ethyl adjacent to an activating group) is 1. The molecule has 0 spiro atoms. The van der Waals surface area contributed by atoms with Gasteiger partial charge in [0.15, 0.2) is 10.8 Å². The first-order valence-electron chi connectivity index (χ1n) is 9.57. The summed E-state index contributed by atoms with van der Waals surface area (Å²) in [5.74, 6) is -1.90. The average molecular weight is 482 g/mol. The van der Waals surface area contributed by atoms with E-state index >= 15 is 0 Å². The van der Waals surface area contributed by atoms with Crippen LogP contribution in [0.4, 0.5) is 5.13 Å². The molecule has 3 rings (SSSR count). The molecule has 2 aliphatic rings. The van der Waals surface area contributed by atoms with E-state index in [1.807, 2.05) is 27.2 Å². The number of hydrogen-bond donors (Lipinski definition) is 3. The molecule has 0 saturated carbocycles. The number of aromatic nitrogens is 1. The van der Waals surface area contributed by atoms with Crippen molar-refractivity contribution in [2.45, 2.75) is 12.1 Å². The van der Waals surface area contributed by atoms with Crippen molar-refractivity contribution in [3.63, 3.8) is 0 Å². The fourth-order valence-electron chi connectivity index (χ4n) is 3.22. The smallest absolute Gasteiger partial charge is 0.353 e. The fraction of sp³-hybridized carbons (Fsp3) is 0.421. The Morgan fingerprint density at radius 1 is 1.47 bits per heavy atom. The van der Waals surface area contributed by atoms with Gasteiger partial charge >= 0.3 is 5.97 Å². The predicted octanol–water partition coefficient (Wildman–Crippen LogP) is 0.0768. The number of quaternary nitrogens is 1. The first kappa shape index (κ1) is 23.8. The molecule has 0 radical (unpaired) electrons. The third-order valence-corrected chi connectivity index (χ3v) is 6.50. The number of thiazole rings is 1. The second-order valence-electron chi connectivity index (χ2n) is 8.12. The number of oxime groups is 1. The molecule has 1 aromatic rings. The molecule has 13 heteroatoms. The van der Waals surface area contributed by atoms with E-state index in [0.29, 0.717) is 21.7 Å². The lowest BCUT2D eigenvalue weighted by atomic mass is 9.94. The number of nitrogen functional groups attached to an aromatic ring is 1. The minimum absolute atomic E-state index is 0.0718. The minimum atomic E-state index is -1.19. The van der Waals surface area contributed by atoms with E-state index in [2.05, 4.69) is 15.5 Å². The number of carbonyl (C=O) groups excluding carboxylic acids is 2. The summed E-state index contributed by atoms with van der Waals surface area (Å²) in [7, 11) is 7.35. The van der Waals surface area contributed by atoms with Gasteiger partial charge in [0.2, 0.25) is 0 Å². The highest BCUT2D eigenvalue weighted by Gasteiger charge is 2.54. The summed E-state index contributed by atoms with van der Waals surface area (Å²) in [5.41, 5.74) is 5.66. The normalized spacial score (nSPS) is 21.4. The molecular weight excluding hydrogens is 456 g/mol. The first-order chi connectivity index (χ1) is 15.0. The highest BCUT2D eigenvalue weighted by molar-refractivity contribution is 8.03. The molecule has 1 fully saturated rings. The maximum absolute atomic E-state index is 12.8. The molecule has 0 aliphatic carbocycles. The Labute approximate surface area is 193 Å². The molecule has 0 aromatic carbocycles. The zero-order valence-electron chi connectivity index (χ0n) is 18.1. The number of anilines is 1. The largest absolute Gasteiger partial charge is 0.477 e. The molecular formula is C19H25N6O5S2+. The van der Waals surface area contributed by atoms with Crippen LogP contribution in [-0.2, 0) is 19.2 Å².